The van der Waals surface area contributed by atoms with Gasteiger partial charge in [-0.1, -0.05) is 18.2 Å². The van der Waals surface area contributed by atoms with Gasteiger partial charge in [0.2, 0.25) is 0 Å². The van der Waals surface area contributed by atoms with Gasteiger partial charge in [0.05, 0.1) is 24.3 Å². The van der Waals surface area contributed by atoms with Crippen LogP contribution in [0.15, 0.2) is 42.5 Å². The van der Waals surface area contributed by atoms with Gasteiger partial charge in [0.15, 0.2) is 23.5 Å². The molecule has 3 saturated carbocycles. The second kappa shape index (κ2) is 10.0. The zero-order valence-electron chi connectivity index (χ0n) is 24.3. The third kappa shape index (κ3) is 3.72. The van der Waals surface area contributed by atoms with Gasteiger partial charge < -0.3 is 59.4 Å². The number of phenolic OH excluding ortho intramolecular Hbond substituents is 3. The monoisotopic (exact) mass is 644 g/mol. The molecule has 3 aliphatic carbocycles. The minimum Gasteiger partial charge on any atom is -0.504 e. The van der Waals surface area contributed by atoms with Crippen molar-refractivity contribution in [3.8, 4) is 17.2 Å². The third-order valence-electron chi connectivity index (χ3n) is 10.6. The first-order valence-corrected chi connectivity index (χ1v) is 14.7. The highest BCUT2D eigenvalue weighted by Crippen LogP contribution is 2.95. The number of benzene rings is 2. The van der Waals surface area contributed by atoms with Crippen molar-refractivity contribution < 1.29 is 73.8 Å². The number of phenols is 3. The van der Waals surface area contributed by atoms with E-state index in [-0.39, 0.29) is 30.6 Å². The van der Waals surface area contributed by atoms with Crippen LogP contribution in [0.3, 0.4) is 0 Å². The quantitative estimate of drug-likeness (QED) is 0.109. The number of hydrogen-bond donors (Lipinski definition) is 7. The maximum absolute atomic E-state index is 13.9. The number of aromatic hydroxyl groups is 3. The summed E-state index contributed by atoms with van der Waals surface area (Å²) in [7, 11) is 0. The van der Waals surface area contributed by atoms with E-state index in [2.05, 4.69) is 0 Å². The first-order chi connectivity index (χ1) is 21.8. The average molecular weight is 645 g/mol. The number of aliphatic hydroxyl groups is 4. The number of aliphatic hydroxyl groups excluding tert-OH is 4. The fourth-order valence-corrected chi connectivity index (χ4v) is 8.58. The first kappa shape index (κ1) is 30.7. The summed E-state index contributed by atoms with van der Waals surface area (Å²) in [6, 6.07) is 9.95. The summed E-state index contributed by atoms with van der Waals surface area (Å²) in [5, 5.41) is 70.7. The Labute approximate surface area is 260 Å². The molecule has 0 amide bonds. The maximum Gasteiger partial charge on any atom is 0.338 e. The van der Waals surface area contributed by atoms with Gasteiger partial charge >= 0.3 is 17.9 Å². The van der Waals surface area contributed by atoms with Crippen LogP contribution in [0.5, 0.6) is 17.2 Å². The predicted molar refractivity (Wildman–Crippen MR) is 147 cm³/mol. The van der Waals surface area contributed by atoms with Crippen molar-refractivity contribution in [1.82, 2.24) is 0 Å². The normalized spacial score (nSPS) is 41.5. The molecule has 2 heterocycles. The zero-order chi connectivity index (χ0) is 33.0. The van der Waals surface area contributed by atoms with Gasteiger partial charge in [-0.25, -0.2) is 9.59 Å². The predicted octanol–water partition coefficient (Wildman–Crippen LogP) is -0.533. The van der Waals surface area contributed by atoms with E-state index in [9.17, 15) is 50.1 Å². The molecule has 7 rings (SSSR count). The Morgan fingerprint density at radius 1 is 0.957 bits per heavy atom. The minimum absolute atomic E-state index is 0.0127. The summed E-state index contributed by atoms with van der Waals surface area (Å²) in [6.07, 6.45) is -9.25. The van der Waals surface area contributed by atoms with Gasteiger partial charge in [-0.05, 0) is 37.6 Å². The Bertz CT molecular complexity index is 1590. The Balaban J connectivity index is 1.23. The minimum atomic E-state index is -1.78. The summed E-state index contributed by atoms with van der Waals surface area (Å²) in [4.78, 5) is 40.1. The van der Waals surface area contributed by atoms with E-state index in [1.807, 2.05) is 0 Å². The molecule has 0 aromatic heterocycles. The number of fused-ring (bicyclic) bond motifs is 1. The number of carbonyl (C=O) groups excluding carboxylic acids is 3. The molecule has 246 valence electrons. The van der Waals surface area contributed by atoms with Crippen LogP contribution >= 0.6 is 0 Å². The van der Waals surface area contributed by atoms with Gasteiger partial charge in [-0.15, -0.1) is 0 Å². The standard InChI is InChI=1S/C31H32O15/c1-28-9-17(43-25(40)14-7-15(33)19(35)16(34)8-14)23-29(12-42-24(39)13-5-3-2-4-6-13)11-30(28,31(23,29)27(41)46-28)45-26-22(38)21(37)20(36)18(10-32)44-26/h2-8,17-18,20-23,26,32-38H,9-12H2,1H3/t17-,18?,20?,21?,22?,23-,26?,28+,29?,30+,31?/m1/s1. The molecule has 15 heteroatoms. The van der Waals surface area contributed by atoms with E-state index in [1.54, 1.807) is 37.3 Å². The van der Waals surface area contributed by atoms with E-state index in [4.69, 9.17) is 23.7 Å². The molecule has 11 atom stereocenters. The van der Waals surface area contributed by atoms with Crippen LogP contribution in [-0.2, 0) is 28.5 Å². The van der Waals surface area contributed by atoms with Crippen molar-refractivity contribution in [2.24, 2.45) is 16.7 Å². The highest BCUT2D eigenvalue weighted by molar-refractivity contribution is 5.95. The van der Waals surface area contributed by atoms with Crippen molar-refractivity contribution in [3.63, 3.8) is 0 Å². The van der Waals surface area contributed by atoms with Crippen molar-refractivity contribution >= 4 is 17.9 Å². The lowest BCUT2D eigenvalue weighted by molar-refractivity contribution is -0.363. The number of esters is 3. The largest absolute Gasteiger partial charge is 0.504 e. The lowest BCUT2D eigenvalue weighted by Crippen LogP contribution is -2.70. The highest BCUT2D eigenvalue weighted by atomic mass is 16.7. The van der Waals surface area contributed by atoms with Crippen LogP contribution in [0, 0.1) is 16.7 Å². The van der Waals surface area contributed by atoms with E-state index in [0.717, 1.165) is 12.1 Å². The Kier molecular flexibility index (Phi) is 6.67. The second-order valence-corrected chi connectivity index (χ2v) is 12.8. The first-order valence-electron chi connectivity index (χ1n) is 14.7. The Morgan fingerprint density at radius 2 is 1.63 bits per heavy atom. The fourth-order valence-electron chi connectivity index (χ4n) is 8.58. The van der Waals surface area contributed by atoms with Crippen LogP contribution in [0.25, 0.3) is 0 Å². The summed E-state index contributed by atoms with van der Waals surface area (Å²) in [5.41, 5.74) is -5.79. The van der Waals surface area contributed by atoms with Crippen LogP contribution in [-0.4, -0.2) is 115 Å². The number of carbonyl (C=O) groups is 3. The van der Waals surface area contributed by atoms with Crippen LogP contribution in [0.4, 0.5) is 0 Å². The summed E-state index contributed by atoms with van der Waals surface area (Å²) < 4.78 is 29.5. The third-order valence-corrected chi connectivity index (χ3v) is 10.6. The van der Waals surface area contributed by atoms with Crippen molar-refractivity contribution in [1.29, 1.82) is 0 Å². The number of hydrogen-bond acceptors (Lipinski definition) is 15. The maximum atomic E-state index is 13.9. The Morgan fingerprint density at radius 3 is 2.28 bits per heavy atom. The molecule has 0 radical (unpaired) electrons. The lowest BCUT2D eigenvalue weighted by Gasteiger charge is -2.56. The molecule has 5 aliphatic rings. The van der Waals surface area contributed by atoms with Gasteiger partial charge in [-0.3, -0.25) is 4.79 Å². The summed E-state index contributed by atoms with van der Waals surface area (Å²) >= 11 is 0. The van der Waals surface area contributed by atoms with Crippen LogP contribution in [0.2, 0.25) is 0 Å². The topological polar surface area (TPSA) is 239 Å². The van der Waals surface area contributed by atoms with Gasteiger partial charge in [0.1, 0.15) is 47.1 Å². The van der Waals surface area contributed by atoms with Gasteiger partial charge in [-0.2, -0.15) is 0 Å². The van der Waals surface area contributed by atoms with Crippen molar-refractivity contribution in [2.75, 3.05) is 13.2 Å². The Hall–Kier alpha value is -3.99. The average Bonchev–Trinajstić information content (AvgIpc) is 3.56. The molecule has 7 unspecified atom stereocenters. The van der Waals surface area contributed by atoms with E-state index < -0.39 is 107 Å². The second-order valence-electron chi connectivity index (χ2n) is 12.8. The molecule has 2 aromatic rings. The van der Waals surface area contributed by atoms with Crippen LogP contribution in [0.1, 0.15) is 40.5 Å². The molecule has 2 aliphatic heterocycles. The molecule has 15 nitrogen and oxygen atoms in total. The highest BCUT2D eigenvalue weighted by Gasteiger charge is 3.07. The van der Waals surface area contributed by atoms with E-state index in [1.165, 1.54) is 0 Å². The summed E-state index contributed by atoms with van der Waals surface area (Å²) in [6.45, 7) is 0.542. The fraction of sp³-hybridized carbons (Fsp3) is 0.516. The molecular formula is C31H32O15. The molecule has 1 spiro atoms. The lowest BCUT2D eigenvalue weighted by atomic mass is 9.55. The van der Waals surface area contributed by atoms with Crippen molar-refractivity contribution in [3.05, 3.63) is 53.6 Å². The van der Waals surface area contributed by atoms with Gasteiger partial charge in [0, 0.05) is 17.8 Å². The van der Waals surface area contributed by atoms with E-state index >= 15 is 0 Å². The SMILES string of the molecule is C[C@]12C[C@@H](OC(=O)c3cc(O)c(O)c(O)c3)[C@@H]3C4(COC(=O)c5ccccc5)C[C@@]1(OC1OC(CO)C(O)C(O)C1O)C34C(=O)O2. The molecule has 2 bridgehead atoms. The smallest absolute Gasteiger partial charge is 0.338 e. The molecule has 2 aromatic carbocycles. The molecule has 7 N–H and O–H groups in total. The summed E-state index contributed by atoms with van der Waals surface area (Å²) in [5.74, 6) is -5.56. The number of rotatable bonds is 8. The van der Waals surface area contributed by atoms with Gasteiger partial charge in [0.25, 0.3) is 0 Å². The van der Waals surface area contributed by atoms with E-state index in [0.29, 0.717) is 0 Å². The van der Waals surface area contributed by atoms with Crippen LogP contribution < -0.4 is 0 Å². The van der Waals surface area contributed by atoms with Crippen molar-refractivity contribution in [2.45, 2.75) is 67.8 Å². The molecule has 5 fully saturated rings. The zero-order valence-corrected chi connectivity index (χ0v) is 24.3. The number of ether oxygens (including phenoxy) is 5. The molecular weight excluding hydrogens is 612 g/mol. The molecule has 2 saturated heterocycles. The molecule has 46 heavy (non-hydrogen) atoms.